The number of rotatable bonds is 3. The summed E-state index contributed by atoms with van der Waals surface area (Å²) >= 11 is 1.34. The molecule has 0 radical (unpaired) electrons. The van der Waals surface area contributed by atoms with Crippen molar-refractivity contribution in [3.63, 3.8) is 0 Å². The third-order valence-corrected chi connectivity index (χ3v) is 3.95. The van der Waals surface area contributed by atoms with Crippen molar-refractivity contribution in [1.82, 2.24) is 0 Å². The Kier molecular flexibility index (Phi) is 3.00. The second kappa shape index (κ2) is 4.82. The van der Waals surface area contributed by atoms with E-state index in [9.17, 15) is 15.2 Å². The van der Waals surface area contributed by atoms with Crippen LogP contribution in [0.1, 0.15) is 0 Å². The smallest absolute Gasteiger partial charge is 0.311 e. The van der Waals surface area contributed by atoms with Gasteiger partial charge in [-0.15, -0.1) is 11.3 Å². The summed E-state index contributed by atoms with van der Waals surface area (Å²) in [6.07, 6.45) is 0. The highest BCUT2D eigenvalue weighted by atomic mass is 32.1. The zero-order valence-corrected chi connectivity index (χ0v) is 11.1. The van der Waals surface area contributed by atoms with Gasteiger partial charge in [0.15, 0.2) is 5.00 Å². The molecule has 0 aliphatic carbocycles. The first kappa shape index (κ1) is 12.4. The zero-order chi connectivity index (χ0) is 14.1. The van der Waals surface area contributed by atoms with Gasteiger partial charge in [0, 0.05) is 10.4 Å². The Hall–Kier alpha value is -2.60. The van der Waals surface area contributed by atoms with Crippen LogP contribution in [0.4, 0.5) is 16.4 Å². The van der Waals surface area contributed by atoms with Crippen molar-refractivity contribution in [3.8, 4) is 5.75 Å². The van der Waals surface area contributed by atoms with Gasteiger partial charge < -0.3 is 10.4 Å². The lowest BCUT2D eigenvalue weighted by atomic mass is 10.2. The monoisotopic (exact) mass is 286 g/mol. The van der Waals surface area contributed by atoms with E-state index in [1.807, 2.05) is 12.1 Å². The van der Waals surface area contributed by atoms with E-state index in [-0.39, 0.29) is 16.4 Å². The van der Waals surface area contributed by atoms with E-state index >= 15 is 0 Å². The highest BCUT2D eigenvalue weighted by molar-refractivity contribution is 7.23. The molecule has 2 N–H and O–H groups in total. The molecule has 0 saturated heterocycles. The fourth-order valence-electron chi connectivity index (χ4n) is 1.97. The van der Waals surface area contributed by atoms with Crippen LogP contribution in [-0.2, 0) is 0 Å². The first-order chi connectivity index (χ1) is 9.65. The molecule has 1 heterocycles. The number of phenolic OH excluding ortho intramolecular Hbond substituents is 1. The minimum Gasteiger partial charge on any atom is -0.508 e. The summed E-state index contributed by atoms with van der Waals surface area (Å²) < 4.78 is 0.862. The molecule has 3 rings (SSSR count). The number of thiophene rings is 1. The summed E-state index contributed by atoms with van der Waals surface area (Å²) in [4.78, 5) is 10.9. The van der Waals surface area contributed by atoms with Crippen molar-refractivity contribution in [1.29, 1.82) is 0 Å². The fourth-order valence-corrected chi connectivity index (χ4v) is 3.06. The Morgan fingerprint density at radius 1 is 1.10 bits per heavy atom. The van der Waals surface area contributed by atoms with Gasteiger partial charge in [-0.2, -0.15) is 0 Å². The van der Waals surface area contributed by atoms with Crippen LogP contribution in [0.2, 0.25) is 0 Å². The van der Waals surface area contributed by atoms with Crippen LogP contribution in [0.25, 0.3) is 10.1 Å². The molecule has 0 amide bonds. The minimum absolute atomic E-state index is 0.0821. The third-order valence-electron chi connectivity index (χ3n) is 2.88. The molecule has 0 spiro atoms. The van der Waals surface area contributed by atoms with Crippen molar-refractivity contribution in [2.45, 2.75) is 0 Å². The van der Waals surface area contributed by atoms with Gasteiger partial charge in [0.05, 0.1) is 10.3 Å². The van der Waals surface area contributed by atoms with Gasteiger partial charge in [-0.05, 0) is 36.4 Å². The minimum atomic E-state index is -0.373. The highest BCUT2D eigenvalue weighted by Crippen LogP contribution is 2.42. The molecular weight excluding hydrogens is 276 g/mol. The number of nitrogens with one attached hydrogen (secondary N) is 1. The van der Waals surface area contributed by atoms with E-state index in [1.54, 1.807) is 24.3 Å². The number of aromatic hydroxyl groups is 1. The summed E-state index contributed by atoms with van der Waals surface area (Å²) in [5.41, 5.74) is 0.774. The summed E-state index contributed by atoms with van der Waals surface area (Å²) in [6, 6.07) is 13.6. The van der Waals surface area contributed by atoms with Crippen LogP contribution < -0.4 is 5.32 Å². The number of phenols is 1. The van der Waals surface area contributed by atoms with E-state index in [2.05, 4.69) is 5.32 Å². The largest absolute Gasteiger partial charge is 0.508 e. The van der Waals surface area contributed by atoms with Crippen molar-refractivity contribution in [2.75, 3.05) is 5.32 Å². The van der Waals surface area contributed by atoms with E-state index in [1.165, 1.54) is 23.5 Å². The summed E-state index contributed by atoms with van der Waals surface area (Å²) in [6.45, 7) is 0. The molecule has 0 bridgehead atoms. The van der Waals surface area contributed by atoms with Gasteiger partial charge >= 0.3 is 5.69 Å². The molecule has 5 nitrogen and oxygen atoms in total. The van der Waals surface area contributed by atoms with Crippen molar-refractivity contribution in [3.05, 3.63) is 58.6 Å². The Bertz CT molecular complexity index is 781. The lowest BCUT2D eigenvalue weighted by Gasteiger charge is -2.03. The van der Waals surface area contributed by atoms with Gasteiger partial charge in [0.25, 0.3) is 0 Å². The van der Waals surface area contributed by atoms with Crippen molar-refractivity contribution >= 4 is 37.8 Å². The van der Waals surface area contributed by atoms with E-state index in [0.29, 0.717) is 16.1 Å². The summed E-state index contributed by atoms with van der Waals surface area (Å²) in [5.74, 6) is 0.154. The molecule has 0 fully saturated rings. The maximum absolute atomic E-state index is 11.3. The number of hydrogen-bond donors (Lipinski definition) is 2. The molecule has 0 saturated carbocycles. The fraction of sp³-hybridized carbons (Fsp3) is 0. The lowest BCUT2D eigenvalue weighted by Crippen LogP contribution is -1.93. The van der Waals surface area contributed by atoms with Gasteiger partial charge in [-0.3, -0.25) is 10.1 Å². The number of hydrogen-bond acceptors (Lipinski definition) is 5. The predicted molar refractivity (Wildman–Crippen MR) is 79.9 cm³/mol. The molecule has 0 atom stereocenters. The van der Waals surface area contributed by atoms with Gasteiger partial charge in [-0.25, -0.2) is 0 Å². The predicted octanol–water partition coefficient (Wildman–Crippen LogP) is 4.26. The van der Waals surface area contributed by atoms with Gasteiger partial charge in [-0.1, -0.05) is 12.1 Å². The zero-order valence-electron chi connectivity index (χ0n) is 10.2. The Labute approximate surface area is 118 Å². The molecule has 100 valence electrons. The third kappa shape index (κ3) is 2.17. The molecule has 1 aromatic heterocycles. The molecule has 3 aromatic rings. The molecule has 0 aliphatic heterocycles. The average molecular weight is 286 g/mol. The van der Waals surface area contributed by atoms with E-state index in [4.69, 9.17) is 0 Å². The average Bonchev–Trinajstić information content (AvgIpc) is 2.79. The number of benzene rings is 2. The van der Waals surface area contributed by atoms with Crippen molar-refractivity contribution < 1.29 is 10.0 Å². The second-order valence-electron chi connectivity index (χ2n) is 4.20. The highest BCUT2D eigenvalue weighted by Gasteiger charge is 2.22. The van der Waals surface area contributed by atoms with Crippen LogP contribution in [0, 0.1) is 10.1 Å². The Morgan fingerprint density at radius 2 is 1.80 bits per heavy atom. The number of nitro groups is 1. The number of anilines is 2. The first-order valence-corrected chi connectivity index (χ1v) is 6.69. The SMILES string of the molecule is O=[N+]([O-])c1c(Nc2ccc(O)cc2)sc2ccccc12. The molecule has 0 unspecified atom stereocenters. The standard InChI is InChI=1S/C14H10N2O3S/c17-10-7-5-9(6-8-10)15-14-13(16(18)19)11-3-1-2-4-12(11)20-14/h1-8,15,17H. The molecule has 20 heavy (non-hydrogen) atoms. The number of fused-ring (bicyclic) bond motifs is 1. The number of nitrogens with zero attached hydrogens (tertiary/aromatic N) is 1. The maximum atomic E-state index is 11.3. The van der Waals surface area contributed by atoms with Crippen LogP contribution >= 0.6 is 11.3 Å². The molecule has 0 aliphatic rings. The lowest BCUT2D eigenvalue weighted by molar-refractivity contribution is -0.381. The summed E-state index contributed by atoms with van der Waals surface area (Å²) in [7, 11) is 0. The Balaban J connectivity index is 2.08. The van der Waals surface area contributed by atoms with Crippen LogP contribution in [0.15, 0.2) is 48.5 Å². The van der Waals surface area contributed by atoms with Crippen LogP contribution in [0.3, 0.4) is 0 Å². The van der Waals surface area contributed by atoms with E-state index < -0.39 is 0 Å². The van der Waals surface area contributed by atoms with Crippen LogP contribution in [0.5, 0.6) is 5.75 Å². The van der Waals surface area contributed by atoms with E-state index in [0.717, 1.165) is 4.70 Å². The first-order valence-electron chi connectivity index (χ1n) is 5.87. The molecule has 2 aromatic carbocycles. The Morgan fingerprint density at radius 3 is 2.50 bits per heavy atom. The van der Waals surface area contributed by atoms with Gasteiger partial charge in [0.2, 0.25) is 0 Å². The summed E-state index contributed by atoms with van der Waals surface area (Å²) in [5, 5.41) is 24.7. The second-order valence-corrected chi connectivity index (χ2v) is 5.26. The topological polar surface area (TPSA) is 75.4 Å². The quantitative estimate of drug-likeness (QED) is 0.428. The normalized spacial score (nSPS) is 10.6. The van der Waals surface area contributed by atoms with Gasteiger partial charge in [0.1, 0.15) is 5.75 Å². The van der Waals surface area contributed by atoms with Crippen LogP contribution in [-0.4, -0.2) is 10.0 Å². The maximum Gasteiger partial charge on any atom is 0.311 e. The van der Waals surface area contributed by atoms with Crippen molar-refractivity contribution in [2.24, 2.45) is 0 Å². The molecular formula is C14H10N2O3S. The molecule has 6 heteroatoms.